The summed E-state index contributed by atoms with van der Waals surface area (Å²) >= 11 is 0. The summed E-state index contributed by atoms with van der Waals surface area (Å²) in [6.07, 6.45) is 13.9. The van der Waals surface area contributed by atoms with E-state index in [9.17, 15) is 0 Å². The first kappa shape index (κ1) is 63.0. The molecule has 31 heavy (non-hydrogen) atoms. The number of allylic oxidation sites excluding steroid dienone is 9. The van der Waals surface area contributed by atoms with Crippen LogP contribution in [0.5, 0.6) is 0 Å². The van der Waals surface area contributed by atoms with E-state index in [1.54, 1.807) is 54.7 Å². The zero-order chi connectivity index (χ0) is 27.9. The Labute approximate surface area is 197 Å². The van der Waals surface area contributed by atoms with Gasteiger partial charge in [-0.15, -0.1) is 59.2 Å². The van der Waals surface area contributed by atoms with Crippen molar-refractivity contribution >= 4 is 6.16 Å². The zero-order valence-corrected chi connectivity index (χ0v) is 22.4. The van der Waals surface area contributed by atoms with Crippen molar-refractivity contribution in [1.82, 2.24) is 0 Å². The van der Waals surface area contributed by atoms with Gasteiger partial charge in [-0.05, 0) is 62.3 Å². The lowest BCUT2D eigenvalue weighted by Crippen LogP contribution is -1.81. The third-order valence-corrected chi connectivity index (χ3v) is 0. The van der Waals surface area contributed by atoms with E-state index < -0.39 is 6.16 Å². The second-order valence-corrected chi connectivity index (χ2v) is 3.96. The average Bonchev–Trinajstić information content (AvgIpc) is 2.60. The zero-order valence-electron chi connectivity index (χ0n) is 22.4. The van der Waals surface area contributed by atoms with E-state index >= 15 is 0 Å². The smallest absolute Gasteiger partial charge is 0.450 e. The molecular formula is C28H56O3. The molecule has 0 aromatic carbocycles. The molecule has 0 bridgehead atoms. The molecule has 0 saturated heterocycles. The molecule has 186 valence electrons. The highest BCUT2D eigenvalue weighted by Crippen LogP contribution is 1.43. The number of carbonyl (C=O) groups is 1. The van der Waals surface area contributed by atoms with Crippen molar-refractivity contribution in [2.24, 2.45) is 0 Å². The van der Waals surface area contributed by atoms with Gasteiger partial charge in [0.05, 0.1) is 0 Å². The molecule has 0 atom stereocenters. The first-order chi connectivity index (χ1) is 14.5. The highest BCUT2D eigenvalue weighted by atomic mass is 16.6. The predicted octanol–water partition coefficient (Wildman–Crippen LogP) is 11.0. The van der Waals surface area contributed by atoms with E-state index in [2.05, 4.69) is 59.2 Å². The normalized spacial score (nSPS) is 4.55. The first-order valence-electron chi connectivity index (χ1n) is 9.52. The second-order valence-electron chi connectivity index (χ2n) is 3.96. The minimum Gasteiger partial charge on any atom is -0.450 e. The molecule has 0 unspecified atom stereocenters. The SMILES string of the molecule is C=CC.C=CC.C=CC.C=CC.C=CC.C=CC.C=CC.C=CC.C=CC.O=C(O)O. The van der Waals surface area contributed by atoms with Crippen LogP contribution in [0.15, 0.2) is 114 Å². The van der Waals surface area contributed by atoms with E-state index in [-0.39, 0.29) is 0 Å². The Morgan fingerprint density at radius 1 is 0.387 bits per heavy atom. The minimum absolute atomic E-state index is 1.75. The van der Waals surface area contributed by atoms with Crippen LogP contribution < -0.4 is 0 Å². The highest BCUT2D eigenvalue weighted by molar-refractivity contribution is 5.53. The minimum atomic E-state index is -1.83. The third kappa shape index (κ3) is 1780. The number of rotatable bonds is 0. The number of carboxylic acid groups (broad SMARTS) is 2. The van der Waals surface area contributed by atoms with Gasteiger partial charge in [-0.1, -0.05) is 54.7 Å². The van der Waals surface area contributed by atoms with Crippen molar-refractivity contribution in [3.63, 3.8) is 0 Å². The molecule has 0 aliphatic carbocycles. The molecule has 0 aliphatic heterocycles. The van der Waals surface area contributed by atoms with Gasteiger partial charge in [0.15, 0.2) is 0 Å². The van der Waals surface area contributed by atoms with Gasteiger partial charge in [-0.25, -0.2) is 4.79 Å². The van der Waals surface area contributed by atoms with Crippen LogP contribution in [0.2, 0.25) is 0 Å². The maximum absolute atomic E-state index is 8.56. The van der Waals surface area contributed by atoms with Gasteiger partial charge < -0.3 is 10.2 Å². The lowest BCUT2D eigenvalue weighted by molar-refractivity contribution is 0.137. The molecule has 0 saturated carbocycles. The topological polar surface area (TPSA) is 57.5 Å². The van der Waals surface area contributed by atoms with Gasteiger partial charge in [0, 0.05) is 0 Å². The number of hydrogen-bond donors (Lipinski definition) is 2. The van der Waals surface area contributed by atoms with Crippen LogP contribution in [0.1, 0.15) is 62.3 Å². The van der Waals surface area contributed by atoms with Crippen molar-refractivity contribution in [3.8, 4) is 0 Å². The van der Waals surface area contributed by atoms with Crippen molar-refractivity contribution in [2.75, 3.05) is 0 Å². The van der Waals surface area contributed by atoms with Crippen molar-refractivity contribution in [2.45, 2.75) is 62.3 Å². The summed E-state index contributed by atoms with van der Waals surface area (Å²) in [5, 5.41) is 13.9. The summed E-state index contributed by atoms with van der Waals surface area (Å²) in [6, 6.07) is 0. The van der Waals surface area contributed by atoms with Crippen LogP contribution in [0.25, 0.3) is 0 Å². The fraction of sp³-hybridized carbons (Fsp3) is 0.321. The van der Waals surface area contributed by atoms with E-state index in [4.69, 9.17) is 15.0 Å². The molecule has 0 aromatic heterocycles. The molecule has 0 rings (SSSR count). The molecule has 0 spiro atoms. The molecule has 0 aromatic rings. The summed E-state index contributed by atoms with van der Waals surface area (Å²) in [5.74, 6) is 0. The van der Waals surface area contributed by atoms with E-state index in [1.165, 1.54) is 0 Å². The Morgan fingerprint density at radius 2 is 0.387 bits per heavy atom. The molecule has 0 aliphatic rings. The fourth-order valence-electron chi connectivity index (χ4n) is 0. The third-order valence-electron chi connectivity index (χ3n) is 0. The summed E-state index contributed by atoms with van der Waals surface area (Å²) in [4.78, 5) is 8.56. The Balaban J connectivity index is -0.0000000198. The summed E-state index contributed by atoms with van der Waals surface area (Å²) < 4.78 is 0. The van der Waals surface area contributed by atoms with Crippen LogP contribution in [0.3, 0.4) is 0 Å². The molecule has 3 heteroatoms. The molecule has 3 nitrogen and oxygen atoms in total. The molecule has 0 fully saturated rings. The maximum atomic E-state index is 8.56. The molecular weight excluding hydrogens is 384 g/mol. The summed E-state index contributed by atoms with van der Waals surface area (Å²) in [7, 11) is 0. The van der Waals surface area contributed by atoms with Gasteiger partial charge in [0.25, 0.3) is 0 Å². The van der Waals surface area contributed by atoms with Gasteiger partial charge >= 0.3 is 6.16 Å². The lowest BCUT2D eigenvalue weighted by atomic mass is 10.8. The van der Waals surface area contributed by atoms with Gasteiger partial charge in [-0.3, -0.25) is 0 Å². The molecule has 0 radical (unpaired) electrons. The van der Waals surface area contributed by atoms with E-state index in [1.807, 2.05) is 62.3 Å². The summed E-state index contributed by atoms with van der Waals surface area (Å²) in [5.41, 5.74) is 0. The molecule has 0 heterocycles. The Morgan fingerprint density at radius 3 is 0.387 bits per heavy atom. The van der Waals surface area contributed by atoms with Crippen LogP contribution in [-0.2, 0) is 0 Å². The van der Waals surface area contributed by atoms with Crippen LogP contribution in [0, 0.1) is 0 Å². The van der Waals surface area contributed by atoms with Crippen molar-refractivity contribution in [3.05, 3.63) is 114 Å². The Bertz CT molecular complexity index is 236. The van der Waals surface area contributed by atoms with E-state index in [0.717, 1.165) is 0 Å². The molecule has 2 N–H and O–H groups in total. The Hall–Kier alpha value is -3.07. The van der Waals surface area contributed by atoms with Gasteiger partial charge in [0.2, 0.25) is 0 Å². The quantitative estimate of drug-likeness (QED) is 0.368. The van der Waals surface area contributed by atoms with Gasteiger partial charge in [-0.2, -0.15) is 0 Å². The van der Waals surface area contributed by atoms with Crippen LogP contribution in [0.4, 0.5) is 4.79 Å². The first-order valence-corrected chi connectivity index (χ1v) is 9.52. The monoisotopic (exact) mass is 440 g/mol. The lowest BCUT2D eigenvalue weighted by Gasteiger charge is -1.60. The van der Waals surface area contributed by atoms with E-state index in [0.29, 0.717) is 0 Å². The fourth-order valence-corrected chi connectivity index (χ4v) is 0. The second kappa shape index (κ2) is 227. The van der Waals surface area contributed by atoms with Crippen LogP contribution in [-0.4, -0.2) is 16.4 Å². The average molecular weight is 441 g/mol. The van der Waals surface area contributed by atoms with Crippen LogP contribution >= 0.6 is 0 Å². The Kier molecular flexibility index (Phi) is 461. The predicted molar refractivity (Wildman–Crippen MR) is 153 cm³/mol. The van der Waals surface area contributed by atoms with Crippen molar-refractivity contribution < 1.29 is 15.0 Å². The van der Waals surface area contributed by atoms with Crippen molar-refractivity contribution in [1.29, 1.82) is 0 Å². The standard InChI is InChI=1S/9C3H6.CH2O3/c9*1-3-2;2-1(3)4/h9*3H,1H2,2H3;(H2,2,3,4). The highest BCUT2D eigenvalue weighted by Gasteiger charge is 1.70. The van der Waals surface area contributed by atoms with Gasteiger partial charge in [0.1, 0.15) is 0 Å². The molecule has 0 amide bonds. The maximum Gasteiger partial charge on any atom is 0.503 e. The number of hydrogen-bond acceptors (Lipinski definition) is 1. The summed E-state index contributed by atoms with van der Waals surface area (Å²) in [6.45, 7) is 47.2. The largest absolute Gasteiger partial charge is 0.503 e.